The van der Waals surface area contributed by atoms with E-state index in [4.69, 9.17) is 5.11 Å². The first-order chi connectivity index (χ1) is 8.27. The summed E-state index contributed by atoms with van der Waals surface area (Å²) in [4.78, 5) is 12.3. The van der Waals surface area contributed by atoms with E-state index < -0.39 is 0 Å². The zero-order chi connectivity index (χ0) is 12.5. The first-order valence-electron chi connectivity index (χ1n) is 5.45. The topological polar surface area (TPSA) is 61.4 Å². The molecule has 1 aromatic rings. The summed E-state index contributed by atoms with van der Waals surface area (Å²) in [6, 6.07) is 1.75. The predicted octanol–water partition coefficient (Wildman–Crippen LogP) is 1.30. The van der Waals surface area contributed by atoms with Crippen molar-refractivity contribution in [2.45, 2.75) is 19.9 Å². The van der Waals surface area contributed by atoms with E-state index in [1.807, 2.05) is 18.4 Å². The van der Waals surface area contributed by atoms with Crippen LogP contribution in [-0.2, 0) is 6.54 Å². The summed E-state index contributed by atoms with van der Waals surface area (Å²) in [7, 11) is 0. The molecule has 0 radical (unpaired) electrons. The number of hydrogen-bond donors (Lipinski definition) is 3. The molecule has 92 valence electrons. The van der Waals surface area contributed by atoms with E-state index in [2.05, 4.69) is 22.5 Å². The highest BCUT2D eigenvalue weighted by atomic mass is 32.1. The van der Waals surface area contributed by atoms with Gasteiger partial charge in [-0.3, -0.25) is 0 Å². The molecule has 0 aliphatic rings. The normalized spacial score (nSPS) is 9.29. The fourth-order valence-corrected chi connectivity index (χ4v) is 1.96. The number of nitrogens with one attached hydrogen (secondary N) is 2. The number of thiophene rings is 1. The number of aliphatic hydroxyl groups excluding tert-OH is 1. The van der Waals surface area contributed by atoms with E-state index in [0.29, 0.717) is 19.5 Å². The smallest absolute Gasteiger partial charge is 0.315 e. The summed E-state index contributed by atoms with van der Waals surface area (Å²) in [5.74, 6) is 5.85. The highest BCUT2D eigenvalue weighted by Gasteiger charge is 2.03. The molecule has 0 bridgehead atoms. The Kier molecular flexibility index (Phi) is 6.15. The molecule has 17 heavy (non-hydrogen) atoms. The zero-order valence-corrected chi connectivity index (χ0v) is 10.6. The van der Waals surface area contributed by atoms with Gasteiger partial charge < -0.3 is 15.7 Å². The Labute approximate surface area is 105 Å². The predicted molar refractivity (Wildman–Crippen MR) is 68.8 cm³/mol. The van der Waals surface area contributed by atoms with E-state index in [9.17, 15) is 4.79 Å². The summed E-state index contributed by atoms with van der Waals surface area (Å²) in [5.41, 5.74) is 0.917. The van der Waals surface area contributed by atoms with Gasteiger partial charge in [0.15, 0.2) is 0 Å². The van der Waals surface area contributed by atoms with Crippen molar-refractivity contribution >= 4 is 17.4 Å². The van der Waals surface area contributed by atoms with Crippen molar-refractivity contribution in [1.29, 1.82) is 0 Å². The third-order valence-electron chi connectivity index (χ3n) is 1.95. The molecule has 0 spiro atoms. The van der Waals surface area contributed by atoms with Gasteiger partial charge in [0.1, 0.15) is 0 Å². The maximum atomic E-state index is 11.2. The molecular weight excluding hydrogens is 236 g/mol. The second-order valence-electron chi connectivity index (χ2n) is 3.25. The highest BCUT2D eigenvalue weighted by Crippen LogP contribution is 2.15. The Balaban J connectivity index is 2.52. The minimum atomic E-state index is -0.171. The van der Waals surface area contributed by atoms with Crippen LogP contribution in [0.3, 0.4) is 0 Å². The Hall–Kier alpha value is -1.51. The van der Waals surface area contributed by atoms with Gasteiger partial charge >= 0.3 is 6.03 Å². The Morgan fingerprint density at radius 3 is 3.06 bits per heavy atom. The summed E-state index contributed by atoms with van der Waals surface area (Å²) in [6.45, 7) is 3.03. The van der Waals surface area contributed by atoms with Crippen LogP contribution in [0.25, 0.3) is 0 Å². The van der Waals surface area contributed by atoms with Crippen LogP contribution in [0.5, 0.6) is 0 Å². The Bertz CT molecular complexity index is 418. The maximum Gasteiger partial charge on any atom is 0.315 e. The van der Waals surface area contributed by atoms with Crippen molar-refractivity contribution in [3.05, 3.63) is 21.9 Å². The average molecular weight is 252 g/mol. The number of rotatable bonds is 4. The van der Waals surface area contributed by atoms with Crippen molar-refractivity contribution in [2.24, 2.45) is 0 Å². The fraction of sp³-hybridized carbons (Fsp3) is 0.417. The van der Waals surface area contributed by atoms with Crippen LogP contribution in [0.4, 0.5) is 4.79 Å². The molecule has 0 aliphatic heterocycles. The lowest BCUT2D eigenvalue weighted by Crippen LogP contribution is -2.34. The van der Waals surface area contributed by atoms with Crippen LogP contribution >= 0.6 is 11.3 Å². The Morgan fingerprint density at radius 1 is 1.53 bits per heavy atom. The SMILES string of the molecule is CCNC(=O)NCc1sccc1C#CCCO. The summed E-state index contributed by atoms with van der Waals surface area (Å²) in [6.07, 6.45) is 0.471. The number of carbonyl (C=O) groups excluding carboxylic acids is 1. The molecular formula is C12H16N2O2S. The lowest BCUT2D eigenvalue weighted by Gasteiger charge is -2.04. The standard InChI is InChI=1S/C12H16N2O2S/c1-2-13-12(16)14-9-11-10(6-8-17-11)5-3-4-7-15/h6,8,15H,2,4,7,9H2,1H3,(H2,13,14,16). The van der Waals surface area contributed by atoms with Gasteiger partial charge in [-0.15, -0.1) is 11.3 Å². The quantitative estimate of drug-likeness (QED) is 0.707. The fourth-order valence-electron chi connectivity index (χ4n) is 1.19. The van der Waals surface area contributed by atoms with Crippen LogP contribution in [0.2, 0.25) is 0 Å². The number of hydrogen-bond acceptors (Lipinski definition) is 3. The zero-order valence-electron chi connectivity index (χ0n) is 9.75. The third-order valence-corrected chi connectivity index (χ3v) is 2.87. The summed E-state index contributed by atoms with van der Waals surface area (Å²) >= 11 is 1.56. The molecule has 1 aromatic heterocycles. The minimum Gasteiger partial charge on any atom is -0.395 e. The number of urea groups is 1. The van der Waals surface area contributed by atoms with Crippen LogP contribution in [-0.4, -0.2) is 24.3 Å². The van der Waals surface area contributed by atoms with Gasteiger partial charge in [-0.1, -0.05) is 11.8 Å². The van der Waals surface area contributed by atoms with Gasteiger partial charge in [0.05, 0.1) is 13.2 Å². The monoisotopic (exact) mass is 252 g/mol. The molecule has 4 nitrogen and oxygen atoms in total. The van der Waals surface area contributed by atoms with E-state index >= 15 is 0 Å². The van der Waals surface area contributed by atoms with Gasteiger partial charge in [-0.2, -0.15) is 0 Å². The van der Waals surface area contributed by atoms with E-state index in [-0.39, 0.29) is 12.6 Å². The van der Waals surface area contributed by atoms with Crippen LogP contribution < -0.4 is 10.6 Å². The van der Waals surface area contributed by atoms with Gasteiger partial charge in [0, 0.05) is 23.4 Å². The molecule has 5 heteroatoms. The lowest BCUT2D eigenvalue weighted by atomic mass is 10.2. The number of carbonyl (C=O) groups is 1. The third kappa shape index (κ3) is 4.89. The summed E-state index contributed by atoms with van der Waals surface area (Å²) in [5, 5.41) is 16.0. The van der Waals surface area contributed by atoms with Gasteiger partial charge in [0.25, 0.3) is 0 Å². The second-order valence-corrected chi connectivity index (χ2v) is 4.25. The number of aliphatic hydroxyl groups is 1. The molecule has 1 heterocycles. The maximum absolute atomic E-state index is 11.2. The summed E-state index contributed by atoms with van der Waals surface area (Å²) < 4.78 is 0. The largest absolute Gasteiger partial charge is 0.395 e. The van der Waals surface area contributed by atoms with Gasteiger partial charge in [0.2, 0.25) is 0 Å². The van der Waals surface area contributed by atoms with E-state index in [0.717, 1.165) is 10.4 Å². The average Bonchev–Trinajstić information content (AvgIpc) is 2.75. The second kappa shape index (κ2) is 7.71. The Morgan fingerprint density at radius 2 is 2.35 bits per heavy atom. The molecule has 0 fully saturated rings. The molecule has 2 amide bonds. The van der Waals surface area contributed by atoms with Crippen molar-refractivity contribution in [2.75, 3.05) is 13.2 Å². The molecule has 0 atom stereocenters. The van der Waals surface area contributed by atoms with Gasteiger partial charge in [-0.25, -0.2) is 4.79 Å². The minimum absolute atomic E-state index is 0.0730. The van der Waals surface area contributed by atoms with Crippen LogP contribution in [0.1, 0.15) is 23.8 Å². The van der Waals surface area contributed by atoms with E-state index in [1.165, 1.54) is 0 Å². The molecule has 0 aliphatic carbocycles. The van der Waals surface area contributed by atoms with Crippen LogP contribution in [0.15, 0.2) is 11.4 Å². The van der Waals surface area contributed by atoms with Crippen molar-refractivity contribution < 1.29 is 9.90 Å². The molecule has 0 aromatic carbocycles. The molecule has 0 unspecified atom stereocenters. The van der Waals surface area contributed by atoms with E-state index in [1.54, 1.807) is 11.3 Å². The van der Waals surface area contributed by atoms with Crippen molar-refractivity contribution in [1.82, 2.24) is 10.6 Å². The highest BCUT2D eigenvalue weighted by molar-refractivity contribution is 7.10. The molecule has 0 saturated carbocycles. The van der Waals surface area contributed by atoms with Crippen molar-refractivity contribution in [3.63, 3.8) is 0 Å². The van der Waals surface area contributed by atoms with Gasteiger partial charge in [-0.05, 0) is 18.4 Å². The molecule has 1 rings (SSSR count). The first kappa shape index (κ1) is 13.6. The van der Waals surface area contributed by atoms with Crippen LogP contribution in [0, 0.1) is 11.8 Å². The van der Waals surface area contributed by atoms with Crippen molar-refractivity contribution in [3.8, 4) is 11.8 Å². The molecule has 3 N–H and O–H groups in total. The lowest BCUT2D eigenvalue weighted by molar-refractivity contribution is 0.241. The first-order valence-corrected chi connectivity index (χ1v) is 6.33. The molecule has 0 saturated heterocycles. The number of amides is 2.